The second-order valence-corrected chi connectivity index (χ2v) is 9.09. The van der Waals surface area contributed by atoms with Crippen molar-refractivity contribution >= 4 is 54.0 Å². The zero-order chi connectivity index (χ0) is 19.6. The number of carbonyl (C=O) groups is 1. The maximum absolute atomic E-state index is 12.4. The van der Waals surface area contributed by atoms with Gasteiger partial charge in [0.2, 0.25) is 5.91 Å². The molecule has 0 radical (unpaired) electrons. The van der Waals surface area contributed by atoms with Gasteiger partial charge in [-0.3, -0.25) is 14.2 Å². The van der Waals surface area contributed by atoms with Crippen LogP contribution in [0.5, 0.6) is 0 Å². The van der Waals surface area contributed by atoms with Gasteiger partial charge in [-0.2, -0.15) is 5.10 Å². The van der Waals surface area contributed by atoms with E-state index in [1.807, 2.05) is 6.92 Å². The Labute approximate surface area is 168 Å². The van der Waals surface area contributed by atoms with Crippen molar-refractivity contribution in [2.75, 3.05) is 10.0 Å². The average molecular weight is 470 g/mol. The van der Waals surface area contributed by atoms with Gasteiger partial charge in [0.1, 0.15) is 6.04 Å². The molecule has 0 aliphatic rings. The molecule has 0 spiro atoms. The lowest BCUT2D eigenvalue weighted by Gasteiger charge is -2.15. The molecule has 3 aromatic rings. The molecular formula is C16H16BrN5O3S2. The summed E-state index contributed by atoms with van der Waals surface area (Å²) in [6, 6.07) is 5.39. The summed E-state index contributed by atoms with van der Waals surface area (Å²) in [5.41, 5.74) is 1.33. The van der Waals surface area contributed by atoms with Crippen molar-refractivity contribution < 1.29 is 13.2 Å². The molecule has 142 valence electrons. The highest BCUT2D eigenvalue weighted by atomic mass is 79.9. The molecule has 27 heavy (non-hydrogen) atoms. The molecule has 11 heteroatoms. The highest BCUT2D eigenvalue weighted by Gasteiger charge is 2.19. The van der Waals surface area contributed by atoms with E-state index >= 15 is 0 Å². The SMILES string of the molecule is Cc1c(Br)cnn1C(C)C(=O)Nc1ccc(S(=O)(=O)Nc2nccs2)cc1. The van der Waals surface area contributed by atoms with Crippen LogP contribution in [0.25, 0.3) is 0 Å². The number of benzene rings is 1. The molecule has 1 atom stereocenters. The number of aromatic nitrogens is 3. The van der Waals surface area contributed by atoms with Crippen LogP contribution in [0.3, 0.4) is 0 Å². The van der Waals surface area contributed by atoms with Gasteiger partial charge in [-0.15, -0.1) is 11.3 Å². The lowest BCUT2D eigenvalue weighted by molar-refractivity contribution is -0.119. The summed E-state index contributed by atoms with van der Waals surface area (Å²) >= 11 is 4.56. The second kappa shape index (κ2) is 7.79. The summed E-state index contributed by atoms with van der Waals surface area (Å²) in [4.78, 5) is 16.4. The predicted molar refractivity (Wildman–Crippen MR) is 107 cm³/mol. The number of hydrogen-bond donors (Lipinski definition) is 2. The molecule has 2 heterocycles. The molecule has 0 saturated carbocycles. The molecule has 2 N–H and O–H groups in total. The summed E-state index contributed by atoms with van der Waals surface area (Å²) < 4.78 is 29.5. The van der Waals surface area contributed by atoms with E-state index < -0.39 is 16.1 Å². The molecule has 0 aliphatic carbocycles. The van der Waals surface area contributed by atoms with Crippen LogP contribution in [0.1, 0.15) is 18.7 Å². The molecule has 1 amide bonds. The molecular weight excluding hydrogens is 454 g/mol. The highest BCUT2D eigenvalue weighted by Crippen LogP contribution is 2.22. The molecule has 0 bridgehead atoms. The van der Waals surface area contributed by atoms with Crippen LogP contribution >= 0.6 is 27.3 Å². The van der Waals surface area contributed by atoms with Gasteiger partial charge in [0.05, 0.1) is 21.3 Å². The van der Waals surface area contributed by atoms with E-state index in [1.54, 1.807) is 23.2 Å². The Kier molecular flexibility index (Phi) is 5.63. The van der Waals surface area contributed by atoms with Gasteiger partial charge in [0, 0.05) is 17.3 Å². The number of amides is 1. The second-order valence-electron chi connectivity index (χ2n) is 5.65. The number of rotatable bonds is 6. The minimum Gasteiger partial charge on any atom is -0.324 e. The Balaban J connectivity index is 1.70. The van der Waals surface area contributed by atoms with Crippen molar-refractivity contribution in [2.24, 2.45) is 0 Å². The fraction of sp³-hybridized carbons (Fsp3) is 0.188. The Morgan fingerprint density at radius 3 is 2.56 bits per heavy atom. The molecule has 0 fully saturated rings. The maximum atomic E-state index is 12.4. The Hall–Kier alpha value is -2.24. The van der Waals surface area contributed by atoms with Gasteiger partial charge in [0.25, 0.3) is 10.0 Å². The molecule has 1 unspecified atom stereocenters. The molecule has 1 aromatic carbocycles. The third-order valence-corrected chi connectivity index (χ3v) is 6.77. The van der Waals surface area contributed by atoms with Gasteiger partial charge in [-0.1, -0.05) is 0 Å². The van der Waals surface area contributed by atoms with E-state index in [9.17, 15) is 13.2 Å². The van der Waals surface area contributed by atoms with E-state index in [2.05, 4.69) is 36.1 Å². The zero-order valence-corrected chi connectivity index (χ0v) is 17.6. The fourth-order valence-electron chi connectivity index (χ4n) is 2.32. The van der Waals surface area contributed by atoms with Crippen molar-refractivity contribution in [1.82, 2.24) is 14.8 Å². The van der Waals surface area contributed by atoms with Crippen LogP contribution in [0.15, 0.2) is 51.4 Å². The van der Waals surface area contributed by atoms with Crippen LogP contribution in [0, 0.1) is 6.92 Å². The first-order valence-electron chi connectivity index (χ1n) is 7.81. The van der Waals surface area contributed by atoms with E-state index in [0.29, 0.717) is 10.8 Å². The van der Waals surface area contributed by atoms with Crippen LogP contribution in [-0.2, 0) is 14.8 Å². The first-order valence-corrected chi connectivity index (χ1v) is 11.0. The highest BCUT2D eigenvalue weighted by molar-refractivity contribution is 9.10. The van der Waals surface area contributed by atoms with Crippen molar-refractivity contribution in [1.29, 1.82) is 0 Å². The Morgan fingerprint density at radius 1 is 1.30 bits per heavy atom. The summed E-state index contributed by atoms with van der Waals surface area (Å²) in [5.74, 6) is -0.259. The van der Waals surface area contributed by atoms with Crippen molar-refractivity contribution in [3.05, 3.63) is 52.2 Å². The third kappa shape index (κ3) is 4.37. The summed E-state index contributed by atoms with van der Waals surface area (Å²) in [6.07, 6.45) is 3.15. The molecule has 3 rings (SSSR count). The van der Waals surface area contributed by atoms with Gasteiger partial charge in [-0.05, 0) is 54.0 Å². The maximum Gasteiger partial charge on any atom is 0.263 e. The van der Waals surface area contributed by atoms with Crippen molar-refractivity contribution in [3.63, 3.8) is 0 Å². The van der Waals surface area contributed by atoms with E-state index in [4.69, 9.17) is 0 Å². The average Bonchev–Trinajstić information content (AvgIpc) is 3.25. The topological polar surface area (TPSA) is 106 Å². The lowest BCUT2D eigenvalue weighted by atomic mass is 10.2. The standard InChI is InChI=1S/C16H16BrN5O3S2/c1-10-14(17)9-19-22(10)11(2)15(23)20-12-3-5-13(6-4-12)27(24,25)21-16-18-7-8-26-16/h3-9,11H,1-2H3,(H,18,21)(H,20,23). The van der Waals surface area contributed by atoms with Crippen LogP contribution in [-0.4, -0.2) is 29.1 Å². The van der Waals surface area contributed by atoms with E-state index in [0.717, 1.165) is 10.2 Å². The van der Waals surface area contributed by atoms with Crippen LogP contribution in [0.4, 0.5) is 10.8 Å². The van der Waals surface area contributed by atoms with Gasteiger partial charge in [-0.25, -0.2) is 13.4 Å². The fourth-order valence-corrected chi connectivity index (χ4v) is 4.38. The largest absolute Gasteiger partial charge is 0.324 e. The number of nitrogens with one attached hydrogen (secondary N) is 2. The Bertz CT molecular complexity index is 1050. The third-order valence-electron chi connectivity index (χ3n) is 3.82. The first kappa shape index (κ1) is 19.5. The quantitative estimate of drug-likeness (QED) is 0.575. The first-order chi connectivity index (χ1) is 12.8. The van der Waals surface area contributed by atoms with Gasteiger partial charge < -0.3 is 5.32 Å². The Morgan fingerprint density at radius 2 is 2.00 bits per heavy atom. The van der Waals surface area contributed by atoms with E-state index in [1.165, 1.54) is 41.8 Å². The number of thiazole rings is 1. The smallest absolute Gasteiger partial charge is 0.263 e. The lowest BCUT2D eigenvalue weighted by Crippen LogP contribution is -2.25. The minimum atomic E-state index is -3.72. The van der Waals surface area contributed by atoms with Crippen molar-refractivity contribution in [2.45, 2.75) is 24.8 Å². The number of carbonyl (C=O) groups excluding carboxylic acids is 1. The predicted octanol–water partition coefficient (Wildman–Crippen LogP) is 3.41. The van der Waals surface area contributed by atoms with E-state index in [-0.39, 0.29) is 10.8 Å². The van der Waals surface area contributed by atoms with Crippen LogP contribution in [0.2, 0.25) is 0 Å². The summed E-state index contributed by atoms with van der Waals surface area (Å²) in [5, 5.41) is 8.91. The normalized spacial score (nSPS) is 12.6. The monoisotopic (exact) mass is 469 g/mol. The summed E-state index contributed by atoms with van der Waals surface area (Å²) in [6.45, 7) is 3.59. The number of hydrogen-bond acceptors (Lipinski definition) is 6. The summed E-state index contributed by atoms with van der Waals surface area (Å²) in [7, 11) is -3.72. The number of nitrogens with zero attached hydrogens (tertiary/aromatic N) is 3. The molecule has 0 saturated heterocycles. The molecule has 0 aliphatic heterocycles. The zero-order valence-electron chi connectivity index (χ0n) is 14.4. The van der Waals surface area contributed by atoms with Gasteiger partial charge >= 0.3 is 0 Å². The minimum absolute atomic E-state index is 0.0793. The molecule has 8 nitrogen and oxygen atoms in total. The van der Waals surface area contributed by atoms with Crippen LogP contribution < -0.4 is 10.0 Å². The number of anilines is 2. The molecule has 2 aromatic heterocycles. The number of sulfonamides is 1. The van der Waals surface area contributed by atoms with Gasteiger partial charge in [0.15, 0.2) is 5.13 Å². The van der Waals surface area contributed by atoms with Crippen molar-refractivity contribution in [3.8, 4) is 0 Å². The number of halogens is 1.